The Labute approximate surface area is 187 Å². The summed E-state index contributed by atoms with van der Waals surface area (Å²) in [6, 6.07) is 2.66. The molecule has 4 N–H and O–H groups in total. The van der Waals surface area contributed by atoms with E-state index in [0.29, 0.717) is 12.2 Å². The smallest absolute Gasteiger partial charge is 0.280 e. The summed E-state index contributed by atoms with van der Waals surface area (Å²) in [6.07, 6.45) is 2.96. The number of ether oxygens (including phenoxy) is 3. The van der Waals surface area contributed by atoms with Crippen LogP contribution in [-0.2, 0) is 14.3 Å². The quantitative estimate of drug-likeness (QED) is 0.143. The number of hydrogen-bond acceptors (Lipinski definition) is 8. The Morgan fingerprint density at radius 1 is 1.16 bits per heavy atom. The number of nitro groups is 1. The molecular formula is C21H32N4O7. The summed E-state index contributed by atoms with van der Waals surface area (Å²) >= 11 is 0. The number of hydrogen-bond donors (Lipinski definition) is 3. The molecule has 0 saturated carbocycles. The molecule has 178 valence electrons. The summed E-state index contributed by atoms with van der Waals surface area (Å²) in [7, 11) is 2.79. The van der Waals surface area contributed by atoms with Crippen molar-refractivity contribution in [3.63, 3.8) is 0 Å². The van der Waals surface area contributed by atoms with Gasteiger partial charge in [0, 0.05) is 24.6 Å². The second kappa shape index (κ2) is 11.4. The number of amides is 2. The number of nitrogens with zero attached hydrogens (tertiary/aromatic N) is 1. The third-order valence-corrected chi connectivity index (χ3v) is 4.80. The van der Waals surface area contributed by atoms with Gasteiger partial charge in [-0.1, -0.05) is 13.8 Å². The summed E-state index contributed by atoms with van der Waals surface area (Å²) in [6.45, 7) is 7.58. The van der Waals surface area contributed by atoms with Crippen LogP contribution in [-0.4, -0.2) is 49.7 Å². The van der Waals surface area contributed by atoms with Crippen LogP contribution in [0.1, 0.15) is 39.7 Å². The Balaban J connectivity index is 2.74. The fraction of sp³-hybridized carbons (Fsp3) is 0.524. The fourth-order valence-electron chi connectivity index (χ4n) is 2.64. The van der Waals surface area contributed by atoms with E-state index in [-0.39, 0.29) is 36.1 Å². The highest BCUT2D eigenvalue weighted by molar-refractivity contribution is 5.92. The van der Waals surface area contributed by atoms with Crippen LogP contribution in [0.3, 0.4) is 0 Å². The molecule has 0 unspecified atom stereocenters. The van der Waals surface area contributed by atoms with Gasteiger partial charge in [-0.05, 0) is 32.4 Å². The van der Waals surface area contributed by atoms with E-state index >= 15 is 0 Å². The molecule has 0 radical (unpaired) electrons. The van der Waals surface area contributed by atoms with Gasteiger partial charge >= 0.3 is 0 Å². The molecule has 0 heterocycles. The molecule has 0 atom stereocenters. The van der Waals surface area contributed by atoms with Gasteiger partial charge in [0.15, 0.2) is 11.5 Å². The number of hydrazine groups is 1. The third-order valence-electron chi connectivity index (χ3n) is 4.80. The lowest BCUT2D eigenvalue weighted by molar-refractivity contribution is -0.385. The summed E-state index contributed by atoms with van der Waals surface area (Å²) in [5.74, 6) is 4.96. The van der Waals surface area contributed by atoms with Crippen molar-refractivity contribution in [3.05, 3.63) is 33.9 Å². The molecule has 0 bridgehead atoms. The van der Waals surface area contributed by atoms with E-state index in [1.54, 1.807) is 27.7 Å². The number of nitro benzene ring substituents is 1. The van der Waals surface area contributed by atoms with E-state index in [1.807, 2.05) is 0 Å². The number of benzene rings is 1. The first-order valence-electron chi connectivity index (χ1n) is 9.88. The molecule has 0 aliphatic heterocycles. The molecular weight excluding hydrogens is 420 g/mol. The first kappa shape index (κ1) is 26.9. The maximum Gasteiger partial charge on any atom is 0.280 e. The molecule has 0 saturated heterocycles. The number of carbonyl (C=O) groups is 2. The normalized spacial score (nSPS) is 11.8. The molecule has 0 aromatic heterocycles. The van der Waals surface area contributed by atoms with E-state index in [9.17, 15) is 19.7 Å². The maximum atomic E-state index is 12.2. The predicted molar refractivity (Wildman–Crippen MR) is 119 cm³/mol. The highest BCUT2D eigenvalue weighted by Gasteiger charge is 2.28. The molecule has 11 nitrogen and oxygen atoms in total. The number of methoxy groups -OCH3 is 2. The summed E-state index contributed by atoms with van der Waals surface area (Å²) in [5.41, 5.74) is 0.710. The van der Waals surface area contributed by atoms with Gasteiger partial charge in [-0.2, -0.15) is 0 Å². The van der Waals surface area contributed by atoms with Crippen LogP contribution in [0.5, 0.6) is 11.5 Å². The van der Waals surface area contributed by atoms with Gasteiger partial charge in [-0.25, -0.2) is 5.84 Å². The van der Waals surface area contributed by atoms with Crippen LogP contribution in [0.15, 0.2) is 18.2 Å². The Morgan fingerprint density at radius 2 is 1.75 bits per heavy atom. The average Bonchev–Trinajstić information content (AvgIpc) is 2.74. The minimum atomic E-state index is -0.700. The number of carbonyl (C=O) groups excluding carboxylic acids is 2. The largest absolute Gasteiger partial charge is 0.493 e. The second-order valence-electron chi connectivity index (χ2n) is 8.29. The topological polar surface area (TPSA) is 155 Å². The molecule has 0 aliphatic rings. The first-order chi connectivity index (χ1) is 14.9. The first-order valence-corrected chi connectivity index (χ1v) is 9.88. The zero-order chi connectivity index (χ0) is 24.5. The van der Waals surface area contributed by atoms with Gasteiger partial charge in [0.1, 0.15) is 0 Å². The van der Waals surface area contributed by atoms with Gasteiger partial charge in [0.2, 0.25) is 11.8 Å². The van der Waals surface area contributed by atoms with E-state index in [0.717, 1.165) is 0 Å². The molecule has 0 aliphatic carbocycles. The van der Waals surface area contributed by atoms with Gasteiger partial charge in [-0.15, -0.1) is 0 Å². The summed E-state index contributed by atoms with van der Waals surface area (Å²) in [4.78, 5) is 34.7. The molecule has 1 aromatic carbocycles. The zero-order valence-electron chi connectivity index (χ0n) is 19.3. The third kappa shape index (κ3) is 7.82. The Morgan fingerprint density at radius 3 is 2.28 bits per heavy atom. The van der Waals surface area contributed by atoms with Gasteiger partial charge in [0.25, 0.3) is 5.69 Å². The Bertz CT molecular complexity index is 866. The SMILES string of the molecule is COc1cc(/C=C/C(=O)NCC(C)(C)OCCC(C)(C)C(=O)NN)c([N+](=O)[O-])cc1OC. The van der Waals surface area contributed by atoms with Crippen LogP contribution in [0, 0.1) is 15.5 Å². The highest BCUT2D eigenvalue weighted by Crippen LogP contribution is 2.35. The van der Waals surface area contributed by atoms with E-state index in [2.05, 4.69) is 10.7 Å². The summed E-state index contributed by atoms with van der Waals surface area (Å²) < 4.78 is 16.0. The van der Waals surface area contributed by atoms with Crippen LogP contribution >= 0.6 is 0 Å². The zero-order valence-corrected chi connectivity index (χ0v) is 19.3. The monoisotopic (exact) mass is 452 g/mol. The minimum absolute atomic E-state index is 0.188. The lowest BCUT2D eigenvalue weighted by Gasteiger charge is -2.28. The molecule has 0 fully saturated rings. The van der Waals surface area contributed by atoms with Crippen molar-refractivity contribution in [3.8, 4) is 11.5 Å². The lowest BCUT2D eigenvalue weighted by atomic mass is 9.89. The van der Waals surface area contributed by atoms with Crippen LogP contribution < -0.4 is 26.1 Å². The van der Waals surface area contributed by atoms with E-state index in [4.69, 9.17) is 20.1 Å². The van der Waals surface area contributed by atoms with Crippen molar-refractivity contribution in [2.45, 2.75) is 39.7 Å². The van der Waals surface area contributed by atoms with E-state index in [1.165, 1.54) is 38.5 Å². The molecule has 0 spiro atoms. The second-order valence-corrected chi connectivity index (χ2v) is 8.29. The Hall–Kier alpha value is -3.18. The van der Waals surface area contributed by atoms with Crippen LogP contribution in [0.2, 0.25) is 0 Å². The maximum absolute atomic E-state index is 12.2. The van der Waals surface area contributed by atoms with Crippen molar-refractivity contribution >= 4 is 23.6 Å². The molecule has 1 rings (SSSR count). The summed E-state index contributed by atoms with van der Waals surface area (Å²) in [5, 5.41) is 14.0. The highest BCUT2D eigenvalue weighted by atomic mass is 16.6. The van der Waals surface area contributed by atoms with Crippen molar-refractivity contribution in [2.75, 3.05) is 27.4 Å². The number of nitrogens with one attached hydrogen (secondary N) is 2. The van der Waals surface area contributed by atoms with Crippen molar-refractivity contribution < 1.29 is 28.7 Å². The average molecular weight is 453 g/mol. The van der Waals surface area contributed by atoms with E-state index < -0.39 is 21.8 Å². The Kier molecular flexibility index (Phi) is 9.60. The van der Waals surface area contributed by atoms with Crippen molar-refractivity contribution in [2.24, 2.45) is 11.3 Å². The van der Waals surface area contributed by atoms with Crippen molar-refractivity contribution in [1.82, 2.24) is 10.7 Å². The molecule has 32 heavy (non-hydrogen) atoms. The fourth-order valence-corrected chi connectivity index (χ4v) is 2.64. The number of nitrogens with two attached hydrogens (primary N) is 1. The minimum Gasteiger partial charge on any atom is -0.493 e. The van der Waals surface area contributed by atoms with Gasteiger partial charge in [0.05, 0.1) is 36.4 Å². The van der Waals surface area contributed by atoms with Crippen molar-refractivity contribution in [1.29, 1.82) is 0 Å². The van der Waals surface area contributed by atoms with Gasteiger partial charge in [-0.3, -0.25) is 25.1 Å². The predicted octanol–water partition coefficient (Wildman–Crippen LogP) is 1.94. The standard InChI is InChI=1S/C21H32N4O7/c1-20(2,19(27)24-22)9-10-32-21(3,4)13-23-18(26)8-7-14-11-16(30-5)17(31-6)12-15(14)25(28)29/h7-8,11-12H,9-10,13,22H2,1-6H3,(H,23,26)(H,24,27)/b8-7+. The van der Waals surface area contributed by atoms with Crippen LogP contribution in [0.4, 0.5) is 5.69 Å². The number of rotatable bonds is 12. The molecule has 11 heteroatoms. The van der Waals surface area contributed by atoms with Gasteiger partial charge < -0.3 is 19.5 Å². The molecule has 1 aromatic rings. The van der Waals surface area contributed by atoms with Crippen LogP contribution in [0.25, 0.3) is 6.08 Å². The lowest BCUT2D eigenvalue weighted by Crippen LogP contribution is -2.43. The molecule has 2 amide bonds.